The highest BCUT2D eigenvalue weighted by molar-refractivity contribution is 5.88. The van der Waals surface area contributed by atoms with Gasteiger partial charge in [0, 0.05) is 38.6 Å². The van der Waals surface area contributed by atoms with Crippen molar-refractivity contribution in [3.05, 3.63) is 18.0 Å². The average Bonchev–Trinajstić information content (AvgIpc) is 2.91. The van der Waals surface area contributed by atoms with E-state index in [-0.39, 0.29) is 12.5 Å². The topological polar surface area (TPSA) is 119 Å². The zero-order valence-electron chi connectivity index (χ0n) is 11.9. The molecule has 1 aromatic rings. The number of aryl methyl sites for hydroxylation is 1. The van der Waals surface area contributed by atoms with Gasteiger partial charge in [0.15, 0.2) is 6.04 Å². The molecule has 1 fully saturated rings. The van der Waals surface area contributed by atoms with Crippen LogP contribution in [-0.2, 0) is 21.4 Å². The van der Waals surface area contributed by atoms with E-state index in [9.17, 15) is 14.7 Å². The molecule has 0 spiro atoms. The molecule has 21 heavy (non-hydrogen) atoms. The van der Waals surface area contributed by atoms with Gasteiger partial charge in [0.1, 0.15) is 0 Å². The summed E-state index contributed by atoms with van der Waals surface area (Å²) in [6, 6.07) is -1.13. The fourth-order valence-electron chi connectivity index (χ4n) is 2.45. The maximum absolute atomic E-state index is 12.5. The van der Waals surface area contributed by atoms with Crippen LogP contribution in [0.3, 0.4) is 0 Å². The van der Waals surface area contributed by atoms with Gasteiger partial charge in [-0.2, -0.15) is 5.10 Å². The van der Waals surface area contributed by atoms with Crippen LogP contribution in [0.5, 0.6) is 0 Å². The van der Waals surface area contributed by atoms with E-state index >= 15 is 0 Å². The number of hydrogen-bond acceptors (Lipinski definition) is 5. The van der Waals surface area contributed by atoms with Crippen molar-refractivity contribution in [2.24, 2.45) is 18.2 Å². The number of aliphatic carboxylic acids is 1. The number of nitrogens with two attached hydrogens (primary N) is 1. The molecule has 0 aliphatic carbocycles. The number of nitrogens with zero attached hydrogens (tertiary/aromatic N) is 2. The summed E-state index contributed by atoms with van der Waals surface area (Å²) in [5.41, 5.74) is 5.43. The monoisotopic (exact) mass is 296 g/mol. The van der Waals surface area contributed by atoms with E-state index in [1.165, 1.54) is 10.9 Å². The normalized spacial score (nSPS) is 19.0. The fraction of sp³-hybridized carbons (Fsp3) is 0.615. The summed E-state index contributed by atoms with van der Waals surface area (Å²) in [5.74, 6) is -1.47. The predicted octanol–water partition coefficient (Wildman–Crippen LogP) is -0.582. The molecule has 1 atom stereocenters. The average molecular weight is 296 g/mol. The van der Waals surface area contributed by atoms with Crippen LogP contribution in [0.2, 0.25) is 0 Å². The highest BCUT2D eigenvalue weighted by atomic mass is 16.5. The van der Waals surface area contributed by atoms with Gasteiger partial charge in [-0.3, -0.25) is 9.48 Å². The maximum atomic E-state index is 12.5. The molecule has 1 saturated heterocycles. The number of rotatable bonds is 5. The Labute approximate surface area is 122 Å². The van der Waals surface area contributed by atoms with Gasteiger partial charge in [-0.1, -0.05) is 0 Å². The van der Waals surface area contributed by atoms with E-state index in [0.29, 0.717) is 31.6 Å². The second-order valence-electron chi connectivity index (χ2n) is 5.29. The van der Waals surface area contributed by atoms with Gasteiger partial charge in [-0.15, -0.1) is 0 Å². The summed E-state index contributed by atoms with van der Waals surface area (Å²) in [4.78, 5) is 23.9. The third-order valence-electron chi connectivity index (χ3n) is 3.90. The van der Waals surface area contributed by atoms with E-state index in [0.717, 1.165) is 0 Å². The third kappa shape index (κ3) is 3.22. The lowest BCUT2D eigenvalue weighted by molar-refractivity contribution is -0.145. The summed E-state index contributed by atoms with van der Waals surface area (Å²) in [7, 11) is 1.68. The highest BCUT2D eigenvalue weighted by Crippen LogP contribution is 2.30. The van der Waals surface area contributed by atoms with Gasteiger partial charge in [0.05, 0.1) is 11.6 Å². The Morgan fingerprint density at radius 2 is 2.24 bits per heavy atom. The number of carbonyl (C=O) groups is 2. The molecule has 1 aromatic heterocycles. The first kappa shape index (κ1) is 15.5. The molecule has 1 unspecified atom stereocenters. The van der Waals surface area contributed by atoms with E-state index < -0.39 is 17.4 Å². The van der Waals surface area contributed by atoms with Crippen molar-refractivity contribution in [2.45, 2.75) is 18.9 Å². The van der Waals surface area contributed by atoms with Crippen molar-refractivity contribution >= 4 is 11.9 Å². The Balaban J connectivity index is 2.16. The summed E-state index contributed by atoms with van der Waals surface area (Å²) >= 11 is 0. The minimum atomic E-state index is -1.13. The Bertz CT molecular complexity index is 522. The number of ether oxygens (including phenoxy) is 1. The van der Waals surface area contributed by atoms with Gasteiger partial charge in [-0.05, 0) is 12.8 Å². The van der Waals surface area contributed by atoms with Crippen LogP contribution in [0.25, 0.3) is 0 Å². The van der Waals surface area contributed by atoms with Crippen LogP contribution >= 0.6 is 0 Å². The fourth-order valence-corrected chi connectivity index (χ4v) is 2.45. The lowest BCUT2D eigenvalue weighted by atomic mass is 9.79. The zero-order valence-corrected chi connectivity index (χ0v) is 11.9. The van der Waals surface area contributed by atoms with E-state index in [4.69, 9.17) is 10.5 Å². The molecule has 1 amide bonds. The molecule has 4 N–H and O–H groups in total. The predicted molar refractivity (Wildman–Crippen MR) is 73.3 cm³/mol. The van der Waals surface area contributed by atoms with Crippen molar-refractivity contribution in [2.75, 3.05) is 19.8 Å². The van der Waals surface area contributed by atoms with Gasteiger partial charge >= 0.3 is 5.97 Å². The maximum Gasteiger partial charge on any atom is 0.331 e. The van der Waals surface area contributed by atoms with Gasteiger partial charge in [0.25, 0.3) is 0 Å². The van der Waals surface area contributed by atoms with E-state index in [1.807, 2.05) is 0 Å². The molecular formula is C13H20N4O4. The number of carbonyl (C=O) groups excluding carboxylic acids is 1. The van der Waals surface area contributed by atoms with E-state index in [1.54, 1.807) is 13.2 Å². The molecular weight excluding hydrogens is 276 g/mol. The summed E-state index contributed by atoms with van der Waals surface area (Å²) in [6.45, 7) is 1.08. The van der Waals surface area contributed by atoms with Crippen LogP contribution in [0.15, 0.2) is 12.4 Å². The molecule has 8 heteroatoms. The highest BCUT2D eigenvalue weighted by Gasteiger charge is 2.40. The van der Waals surface area contributed by atoms with Gasteiger partial charge < -0.3 is 20.9 Å². The number of carboxylic acid groups (broad SMARTS) is 1. The van der Waals surface area contributed by atoms with Crippen molar-refractivity contribution < 1.29 is 19.4 Å². The first-order valence-electron chi connectivity index (χ1n) is 6.79. The number of carboxylic acids is 1. The molecule has 2 rings (SSSR count). The lowest BCUT2D eigenvalue weighted by Gasteiger charge is -2.35. The summed E-state index contributed by atoms with van der Waals surface area (Å²) < 4.78 is 6.74. The molecule has 0 aromatic carbocycles. The molecule has 2 heterocycles. The van der Waals surface area contributed by atoms with Crippen LogP contribution in [-0.4, -0.2) is 46.5 Å². The first-order valence-corrected chi connectivity index (χ1v) is 6.79. The Morgan fingerprint density at radius 1 is 1.57 bits per heavy atom. The largest absolute Gasteiger partial charge is 0.479 e. The SMILES string of the molecule is Cn1cc(C(NC(=O)C2(CN)CCOCC2)C(=O)O)cn1. The molecule has 8 nitrogen and oxygen atoms in total. The van der Waals surface area contributed by atoms with Crippen LogP contribution in [0.1, 0.15) is 24.4 Å². The first-order chi connectivity index (χ1) is 9.98. The second kappa shape index (κ2) is 6.23. The number of amides is 1. The van der Waals surface area contributed by atoms with Gasteiger partial charge in [0.2, 0.25) is 5.91 Å². The van der Waals surface area contributed by atoms with Crippen LogP contribution < -0.4 is 11.1 Å². The van der Waals surface area contributed by atoms with E-state index in [2.05, 4.69) is 10.4 Å². The standard InChI is InChI=1S/C13H20N4O4/c1-17-7-9(6-15-17)10(11(18)19)16-12(20)13(8-14)2-4-21-5-3-13/h6-7,10H,2-5,8,14H2,1H3,(H,16,20)(H,18,19). The molecule has 1 aliphatic rings. The van der Waals surface area contributed by atoms with Crippen molar-refractivity contribution in [3.63, 3.8) is 0 Å². The molecule has 0 radical (unpaired) electrons. The van der Waals surface area contributed by atoms with Crippen LogP contribution in [0, 0.1) is 5.41 Å². The lowest BCUT2D eigenvalue weighted by Crippen LogP contribution is -2.51. The van der Waals surface area contributed by atoms with Gasteiger partial charge in [-0.25, -0.2) is 4.79 Å². The molecule has 0 bridgehead atoms. The minimum absolute atomic E-state index is 0.168. The molecule has 116 valence electrons. The van der Waals surface area contributed by atoms with Crippen molar-refractivity contribution in [3.8, 4) is 0 Å². The quantitative estimate of drug-likeness (QED) is 0.668. The zero-order chi connectivity index (χ0) is 15.5. The minimum Gasteiger partial charge on any atom is -0.479 e. The number of nitrogens with one attached hydrogen (secondary N) is 1. The van der Waals surface area contributed by atoms with Crippen LogP contribution in [0.4, 0.5) is 0 Å². The number of aromatic nitrogens is 2. The smallest absolute Gasteiger partial charge is 0.331 e. The molecule has 0 saturated carbocycles. The second-order valence-corrected chi connectivity index (χ2v) is 5.29. The van der Waals surface area contributed by atoms with Crippen molar-refractivity contribution in [1.82, 2.24) is 15.1 Å². The summed E-state index contributed by atoms with van der Waals surface area (Å²) in [5, 5.41) is 15.8. The Morgan fingerprint density at radius 3 is 2.71 bits per heavy atom. The van der Waals surface area contributed by atoms with Crippen molar-refractivity contribution in [1.29, 1.82) is 0 Å². The molecule has 1 aliphatic heterocycles. The summed E-state index contributed by atoms with van der Waals surface area (Å²) in [6.07, 6.45) is 3.99. The Hall–Kier alpha value is -1.93. The third-order valence-corrected chi connectivity index (χ3v) is 3.90. The Kier molecular flexibility index (Phi) is 4.59. The number of hydrogen-bond donors (Lipinski definition) is 3.